The first-order valence-corrected chi connectivity index (χ1v) is 7.69. The Morgan fingerprint density at radius 3 is 1.62 bits per heavy atom. The lowest BCUT2D eigenvalue weighted by Gasteiger charge is -2.27. The monoisotopic (exact) mass is 226 g/mol. The normalized spacial score (nSPS) is 15.4. The highest BCUT2D eigenvalue weighted by atomic mass is 14.2. The lowest BCUT2D eigenvalue weighted by atomic mass is 9.79. The second-order valence-electron chi connectivity index (χ2n) is 5.61. The van der Waals surface area contributed by atoms with Gasteiger partial charge in [-0.1, -0.05) is 79.6 Å². The van der Waals surface area contributed by atoms with Crippen molar-refractivity contribution >= 4 is 0 Å². The van der Waals surface area contributed by atoms with Crippen molar-refractivity contribution in [2.24, 2.45) is 17.8 Å². The molecule has 0 fully saturated rings. The minimum atomic E-state index is 0.941. The van der Waals surface area contributed by atoms with Gasteiger partial charge in [-0.05, 0) is 24.2 Å². The van der Waals surface area contributed by atoms with Gasteiger partial charge in [-0.15, -0.1) is 0 Å². The van der Waals surface area contributed by atoms with Crippen LogP contribution < -0.4 is 0 Å². The highest BCUT2D eigenvalue weighted by Crippen LogP contribution is 2.30. The summed E-state index contributed by atoms with van der Waals surface area (Å²) in [6, 6.07) is 0. The number of hydrogen-bond donors (Lipinski definition) is 0. The van der Waals surface area contributed by atoms with Crippen molar-refractivity contribution in [3.05, 3.63) is 0 Å². The van der Waals surface area contributed by atoms with Gasteiger partial charge in [0.25, 0.3) is 0 Å². The summed E-state index contributed by atoms with van der Waals surface area (Å²) in [7, 11) is 0. The number of rotatable bonds is 10. The van der Waals surface area contributed by atoms with E-state index in [-0.39, 0.29) is 0 Å². The molecule has 0 spiro atoms. The van der Waals surface area contributed by atoms with Gasteiger partial charge in [0.1, 0.15) is 0 Å². The fraction of sp³-hybridized carbons (Fsp3) is 1.00. The first kappa shape index (κ1) is 16.0. The summed E-state index contributed by atoms with van der Waals surface area (Å²) in [5.74, 6) is 2.91. The van der Waals surface area contributed by atoms with E-state index >= 15 is 0 Å². The van der Waals surface area contributed by atoms with Crippen LogP contribution in [0.1, 0.15) is 86.0 Å². The molecule has 16 heavy (non-hydrogen) atoms. The van der Waals surface area contributed by atoms with E-state index < -0.39 is 0 Å². The molecule has 0 aliphatic heterocycles. The summed E-state index contributed by atoms with van der Waals surface area (Å²) in [4.78, 5) is 0. The average Bonchev–Trinajstić information content (AvgIpc) is 2.28. The van der Waals surface area contributed by atoms with Gasteiger partial charge in [0.15, 0.2) is 0 Å². The smallest absolute Gasteiger partial charge is 0.0389 e. The average molecular weight is 226 g/mol. The van der Waals surface area contributed by atoms with E-state index in [0.717, 1.165) is 17.8 Å². The van der Waals surface area contributed by atoms with E-state index in [0.29, 0.717) is 0 Å². The van der Waals surface area contributed by atoms with Crippen LogP contribution in [0, 0.1) is 17.8 Å². The predicted molar refractivity (Wildman–Crippen MR) is 75.8 cm³/mol. The second kappa shape index (κ2) is 10.2. The quantitative estimate of drug-likeness (QED) is 0.425. The third kappa shape index (κ3) is 6.55. The minimum Gasteiger partial charge on any atom is -0.0654 e. The maximum atomic E-state index is 2.49. The minimum absolute atomic E-state index is 0.941. The van der Waals surface area contributed by atoms with Crippen molar-refractivity contribution in [2.45, 2.75) is 86.0 Å². The molecule has 0 saturated heterocycles. The first-order valence-electron chi connectivity index (χ1n) is 7.69. The molecule has 2 unspecified atom stereocenters. The Hall–Kier alpha value is 0. The first-order chi connectivity index (χ1) is 7.69. The molecule has 0 amide bonds. The zero-order chi connectivity index (χ0) is 12.4. The summed E-state index contributed by atoms with van der Waals surface area (Å²) in [5.41, 5.74) is 0. The summed E-state index contributed by atoms with van der Waals surface area (Å²) >= 11 is 0. The maximum Gasteiger partial charge on any atom is -0.0389 e. The van der Waals surface area contributed by atoms with Crippen molar-refractivity contribution in [1.29, 1.82) is 0 Å². The highest BCUT2D eigenvalue weighted by Gasteiger charge is 2.18. The van der Waals surface area contributed by atoms with Gasteiger partial charge < -0.3 is 0 Å². The molecule has 0 aromatic rings. The molecule has 0 nitrogen and oxygen atoms in total. The Kier molecular flexibility index (Phi) is 10.2. The topological polar surface area (TPSA) is 0 Å². The zero-order valence-corrected chi connectivity index (χ0v) is 12.4. The van der Waals surface area contributed by atoms with E-state index in [1.165, 1.54) is 51.4 Å². The Morgan fingerprint density at radius 2 is 1.25 bits per heavy atom. The van der Waals surface area contributed by atoms with Crippen LogP contribution in [0.25, 0.3) is 0 Å². The molecule has 0 radical (unpaired) electrons. The van der Waals surface area contributed by atoms with E-state index in [1.807, 2.05) is 0 Å². The molecule has 0 aromatic heterocycles. The van der Waals surface area contributed by atoms with E-state index in [2.05, 4.69) is 34.6 Å². The summed E-state index contributed by atoms with van der Waals surface area (Å²) in [5, 5.41) is 0. The van der Waals surface area contributed by atoms with Gasteiger partial charge in [-0.2, -0.15) is 0 Å². The molecule has 0 saturated carbocycles. The Morgan fingerprint density at radius 1 is 0.750 bits per heavy atom. The van der Waals surface area contributed by atoms with Crippen molar-refractivity contribution < 1.29 is 0 Å². The van der Waals surface area contributed by atoms with Crippen LogP contribution in [-0.4, -0.2) is 0 Å². The van der Waals surface area contributed by atoms with Gasteiger partial charge in [0.2, 0.25) is 0 Å². The van der Waals surface area contributed by atoms with Gasteiger partial charge in [-0.3, -0.25) is 0 Å². The molecule has 98 valence electrons. The molecule has 0 bridgehead atoms. The molecule has 2 atom stereocenters. The summed E-state index contributed by atoms with van der Waals surface area (Å²) in [6.07, 6.45) is 11.2. The predicted octanol–water partition coefficient (Wildman–Crippen LogP) is 6.06. The third-order valence-electron chi connectivity index (χ3n) is 4.10. The molecule has 0 aliphatic carbocycles. The van der Waals surface area contributed by atoms with E-state index in [1.54, 1.807) is 0 Å². The van der Waals surface area contributed by atoms with Gasteiger partial charge >= 0.3 is 0 Å². The van der Waals surface area contributed by atoms with Crippen molar-refractivity contribution in [2.75, 3.05) is 0 Å². The second-order valence-corrected chi connectivity index (χ2v) is 5.61. The molecule has 0 aliphatic rings. The van der Waals surface area contributed by atoms with E-state index in [4.69, 9.17) is 0 Å². The standard InChI is InChI=1S/C16H34/c1-6-10-15(9-4)13-14(5)16(11-7-2)12-8-3/h14-16H,6-13H2,1-5H3. The lowest BCUT2D eigenvalue weighted by Crippen LogP contribution is -2.15. The van der Waals surface area contributed by atoms with Crippen LogP contribution in [0.15, 0.2) is 0 Å². The molecule has 0 heterocycles. The van der Waals surface area contributed by atoms with Crippen LogP contribution in [-0.2, 0) is 0 Å². The van der Waals surface area contributed by atoms with Crippen LogP contribution >= 0.6 is 0 Å². The molecule has 0 heteroatoms. The number of hydrogen-bond acceptors (Lipinski definition) is 0. The van der Waals surface area contributed by atoms with Gasteiger partial charge in [0, 0.05) is 0 Å². The Labute approximate surface area is 104 Å². The lowest BCUT2D eigenvalue weighted by molar-refractivity contribution is 0.245. The largest absolute Gasteiger partial charge is 0.0654 e. The maximum absolute atomic E-state index is 2.49. The third-order valence-corrected chi connectivity index (χ3v) is 4.10. The van der Waals surface area contributed by atoms with Crippen molar-refractivity contribution in [3.63, 3.8) is 0 Å². The Balaban J connectivity index is 4.08. The zero-order valence-electron chi connectivity index (χ0n) is 12.4. The van der Waals surface area contributed by atoms with Crippen LogP contribution in [0.3, 0.4) is 0 Å². The van der Waals surface area contributed by atoms with Gasteiger partial charge in [0.05, 0.1) is 0 Å². The molecule has 0 N–H and O–H groups in total. The van der Waals surface area contributed by atoms with Crippen LogP contribution in [0.5, 0.6) is 0 Å². The molecular weight excluding hydrogens is 192 g/mol. The van der Waals surface area contributed by atoms with Crippen molar-refractivity contribution in [3.8, 4) is 0 Å². The SMILES string of the molecule is CCCC(CC)CC(C)C(CCC)CCC. The van der Waals surface area contributed by atoms with Crippen LogP contribution in [0.2, 0.25) is 0 Å². The fourth-order valence-electron chi connectivity index (χ4n) is 3.07. The molecule has 0 rings (SSSR count). The van der Waals surface area contributed by atoms with Crippen molar-refractivity contribution in [1.82, 2.24) is 0 Å². The van der Waals surface area contributed by atoms with Gasteiger partial charge in [-0.25, -0.2) is 0 Å². The fourth-order valence-corrected chi connectivity index (χ4v) is 3.07. The highest BCUT2D eigenvalue weighted by molar-refractivity contribution is 4.70. The van der Waals surface area contributed by atoms with E-state index in [9.17, 15) is 0 Å². The molecular formula is C16H34. The summed E-state index contributed by atoms with van der Waals surface area (Å²) in [6.45, 7) is 11.8. The summed E-state index contributed by atoms with van der Waals surface area (Å²) < 4.78 is 0. The van der Waals surface area contributed by atoms with Crippen LogP contribution in [0.4, 0.5) is 0 Å². The Bertz CT molecular complexity index is 133. The molecule has 0 aromatic carbocycles.